The van der Waals surface area contributed by atoms with Crippen molar-refractivity contribution in [3.05, 3.63) is 66.6 Å². The van der Waals surface area contributed by atoms with Crippen LogP contribution in [-0.4, -0.2) is 52.9 Å². The Hall–Kier alpha value is -3.34. The first-order valence-electron chi connectivity index (χ1n) is 10.1. The van der Waals surface area contributed by atoms with Gasteiger partial charge in [-0.25, -0.2) is 13.4 Å². The Bertz CT molecular complexity index is 1230. The first kappa shape index (κ1) is 21.9. The molecule has 9 nitrogen and oxygen atoms in total. The van der Waals surface area contributed by atoms with Crippen LogP contribution in [0.1, 0.15) is 23.2 Å². The number of carbonyl (C=O) groups is 1. The Morgan fingerprint density at radius 3 is 2.53 bits per heavy atom. The second kappa shape index (κ2) is 9.03. The molecule has 166 valence electrons. The van der Waals surface area contributed by atoms with Crippen molar-refractivity contribution in [2.24, 2.45) is 0 Å². The van der Waals surface area contributed by atoms with E-state index in [9.17, 15) is 18.3 Å². The number of amides is 1. The zero-order valence-electron chi connectivity index (χ0n) is 17.2. The minimum absolute atomic E-state index is 0.0657. The fourth-order valence-electron chi connectivity index (χ4n) is 3.52. The highest BCUT2D eigenvalue weighted by atomic mass is 32.2. The number of nitrogens with zero attached hydrogens (tertiary/aromatic N) is 3. The summed E-state index contributed by atoms with van der Waals surface area (Å²) < 4.78 is 27.5. The molecule has 4 rings (SSSR count). The first-order valence-corrected chi connectivity index (χ1v) is 11.5. The van der Waals surface area contributed by atoms with Gasteiger partial charge in [-0.2, -0.15) is 4.31 Å². The lowest BCUT2D eigenvalue weighted by atomic mass is 10.1. The second-order valence-electron chi connectivity index (χ2n) is 7.51. The van der Waals surface area contributed by atoms with Gasteiger partial charge in [0.05, 0.1) is 16.6 Å². The van der Waals surface area contributed by atoms with Gasteiger partial charge in [0, 0.05) is 42.9 Å². The fourth-order valence-corrected chi connectivity index (χ4v) is 5.03. The number of aliphatic hydroxyl groups is 1. The molecule has 0 radical (unpaired) electrons. The molecule has 1 aliphatic rings. The maximum atomic E-state index is 13.0. The van der Waals surface area contributed by atoms with Crippen LogP contribution in [0.25, 0.3) is 11.1 Å². The first-order chi connectivity index (χ1) is 15.3. The average molecular weight is 454 g/mol. The smallest absolute Gasteiger partial charge is 0.259 e. The van der Waals surface area contributed by atoms with E-state index >= 15 is 0 Å². The van der Waals surface area contributed by atoms with E-state index in [4.69, 9.17) is 5.73 Å². The monoisotopic (exact) mass is 453 g/mol. The van der Waals surface area contributed by atoms with E-state index in [0.29, 0.717) is 29.7 Å². The maximum Gasteiger partial charge on any atom is 0.259 e. The number of rotatable bonds is 5. The molecule has 2 aromatic heterocycles. The zero-order chi connectivity index (χ0) is 22.7. The summed E-state index contributed by atoms with van der Waals surface area (Å²) in [5, 5.41) is 12.4. The molecule has 0 bridgehead atoms. The third-order valence-corrected chi connectivity index (χ3v) is 7.22. The normalized spacial score (nSPS) is 15.4. The molecule has 10 heteroatoms. The number of benzene rings is 1. The van der Waals surface area contributed by atoms with Gasteiger partial charge in [0.1, 0.15) is 5.82 Å². The predicted molar refractivity (Wildman–Crippen MR) is 120 cm³/mol. The standard InChI is InChI=1S/C22H23N5O4S/c23-21-20(22(29)26-17-4-8-24-9-5-17)13-16(14-25-21)15-2-1-3-19(12-15)32(30,31)27-10-6-18(28)7-11-27/h1-5,8-9,12-14,18,28H,6-7,10-11H2,(H2,23,25)(H,24,26,29). The third kappa shape index (κ3) is 4.62. The van der Waals surface area contributed by atoms with E-state index in [1.807, 2.05) is 0 Å². The summed E-state index contributed by atoms with van der Waals surface area (Å²) in [7, 11) is -3.70. The van der Waals surface area contributed by atoms with E-state index in [2.05, 4.69) is 15.3 Å². The molecule has 1 aromatic carbocycles. The van der Waals surface area contributed by atoms with Gasteiger partial charge in [-0.05, 0) is 48.7 Å². The number of anilines is 2. The Kier molecular flexibility index (Phi) is 6.17. The SMILES string of the molecule is Nc1ncc(-c2cccc(S(=O)(=O)N3CCC(O)CC3)c2)cc1C(=O)Nc1ccncc1. The van der Waals surface area contributed by atoms with Crippen LogP contribution < -0.4 is 11.1 Å². The highest BCUT2D eigenvalue weighted by molar-refractivity contribution is 7.89. The lowest BCUT2D eigenvalue weighted by molar-refractivity contribution is 0.102. The minimum Gasteiger partial charge on any atom is -0.393 e. The van der Waals surface area contributed by atoms with Gasteiger partial charge in [-0.15, -0.1) is 0 Å². The second-order valence-corrected chi connectivity index (χ2v) is 9.45. The highest BCUT2D eigenvalue weighted by Crippen LogP contribution is 2.27. The van der Waals surface area contributed by atoms with E-state index < -0.39 is 22.0 Å². The number of nitrogens with one attached hydrogen (secondary N) is 1. The largest absolute Gasteiger partial charge is 0.393 e. The topological polar surface area (TPSA) is 139 Å². The maximum absolute atomic E-state index is 13.0. The van der Waals surface area contributed by atoms with Crippen LogP contribution in [0.3, 0.4) is 0 Å². The number of sulfonamides is 1. The van der Waals surface area contributed by atoms with Gasteiger partial charge in [0.2, 0.25) is 10.0 Å². The van der Waals surface area contributed by atoms with Crippen LogP contribution in [0.4, 0.5) is 11.5 Å². The lowest BCUT2D eigenvalue weighted by Crippen LogP contribution is -2.39. The number of aromatic nitrogens is 2. The van der Waals surface area contributed by atoms with Crippen molar-refractivity contribution in [2.75, 3.05) is 24.1 Å². The number of nitrogen functional groups attached to an aromatic ring is 1. The average Bonchev–Trinajstić information content (AvgIpc) is 2.80. The number of aliphatic hydroxyl groups excluding tert-OH is 1. The summed E-state index contributed by atoms with van der Waals surface area (Å²) >= 11 is 0. The van der Waals surface area contributed by atoms with Gasteiger partial charge < -0.3 is 16.2 Å². The molecule has 32 heavy (non-hydrogen) atoms. The van der Waals surface area contributed by atoms with Gasteiger partial charge in [0.25, 0.3) is 5.91 Å². The van der Waals surface area contributed by atoms with Crippen molar-refractivity contribution in [3.63, 3.8) is 0 Å². The molecule has 1 aliphatic heterocycles. The third-order valence-electron chi connectivity index (χ3n) is 5.33. The van der Waals surface area contributed by atoms with Crippen LogP contribution >= 0.6 is 0 Å². The lowest BCUT2D eigenvalue weighted by Gasteiger charge is -2.28. The number of nitrogens with two attached hydrogens (primary N) is 1. The molecule has 3 heterocycles. The number of piperidine rings is 1. The number of carbonyl (C=O) groups excluding carboxylic acids is 1. The van der Waals surface area contributed by atoms with E-state index in [1.165, 1.54) is 16.6 Å². The summed E-state index contributed by atoms with van der Waals surface area (Å²) in [6.45, 7) is 0.549. The summed E-state index contributed by atoms with van der Waals surface area (Å²) in [5.74, 6) is -0.366. The number of hydrogen-bond donors (Lipinski definition) is 3. The molecule has 0 unspecified atom stereocenters. The van der Waals surface area contributed by atoms with Crippen molar-refractivity contribution < 1.29 is 18.3 Å². The molecule has 1 saturated heterocycles. The molecule has 1 amide bonds. The summed E-state index contributed by atoms with van der Waals surface area (Å²) in [5.41, 5.74) is 7.82. The van der Waals surface area contributed by atoms with Crippen LogP contribution in [0.15, 0.2) is 66.0 Å². The van der Waals surface area contributed by atoms with E-state index in [1.54, 1.807) is 48.8 Å². The van der Waals surface area contributed by atoms with Gasteiger partial charge in [0.15, 0.2) is 0 Å². The Balaban J connectivity index is 1.62. The molecule has 0 atom stereocenters. The number of hydrogen-bond acceptors (Lipinski definition) is 7. The van der Waals surface area contributed by atoms with Crippen molar-refractivity contribution in [3.8, 4) is 11.1 Å². The Labute approximate surface area is 186 Å². The molecule has 3 aromatic rings. The summed E-state index contributed by atoms with van der Waals surface area (Å²) in [4.78, 5) is 20.9. The molecule has 0 aliphatic carbocycles. The Morgan fingerprint density at radius 2 is 1.81 bits per heavy atom. The predicted octanol–water partition coefficient (Wildman–Crippen LogP) is 2.12. The molecule has 0 saturated carbocycles. The van der Waals surface area contributed by atoms with Crippen LogP contribution in [0, 0.1) is 0 Å². The molecular formula is C22H23N5O4S. The highest BCUT2D eigenvalue weighted by Gasteiger charge is 2.29. The summed E-state index contributed by atoms with van der Waals surface area (Å²) in [6.07, 6.45) is 4.98. The molecule has 0 spiro atoms. The molecular weight excluding hydrogens is 430 g/mol. The van der Waals surface area contributed by atoms with Crippen LogP contribution in [0.5, 0.6) is 0 Å². The summed E-state index contributed by atoms with van der Waals surface area (Å²) in [6, 6.07) is 11.4. The van der Waals surface area contributed by atoms with Gasteiger partial charge in [-0.1, -0.05) is 12.1 Å². The number of pyridine rings is 2. The van der Waals surface area contributed by atoms with Crippen LogP contribution in [0.2, 0.25) is 0 Å². The van der Waals surface area contributed by atoms with E-state index in [-0.39, 0.29) is 29.4 Å². The Morgan fingerprint density at radius 1 is 1.09 bits per heavy atom. The van der Waals surface area contributed by atoms with Crippen molar-refractivity contribution in [1.82, 2.24) is 14.3 Å². The van der Waals surface area contributed by atoms with E-state index in [0.717, 1.165) is 0 Å². The molecule has 4 N–H and O–H groups in total. The quantitative estimate of drug-likeness (QED) is 0.538. The van der Waals surface area contributed by atoms with Crippen molar-refractivity contribution in [2.45, 2.75) is 23.8 Å². The van der Waals surface area contributed by atoms with Crippen molar-refractivity contribution in [1.29, 1.82) is 0 Å². The molecule has 1 fully saturated rings. The zero-order valence-corrected chi connectivity index (χ0v) is 18.0. The van der Waals surface area contributed by atoms with Crippen molar-refractivity contribution >= 4 is 27.4 Å². The minimum atomic E-state index is -3.70. The van der Waals surface area contributed by atoms with Crippen LogP contribution in [-0.2, 0) is 10.0 Å². The van der Waals surface area contributed by atoms with Gasteiger partial charge in [-0.3, -0.25) is 9.78 Å². The van der Waals surface area contributed by atoms with Gasteiger partial charge >= 0.3 is 0 Å². The fraction of sp³-hybridized carbons (Fsp3) is 0.227.